The third-order valence-electron chi connectivity index (χ3n) is 3.44. The predicted molar refractivity (Wildman–Crippen MR) is 62.2 cm³/mol. The van der Waals surface area contributed by atoms with Crippen LogP contribution >= 0.6 is 0 Å². The quantitative estimate of drug-likeness (QED) is 0.816. The molecule has 1 saturated carbocycles. The van der Waals surface area contributed by atoms with Crippen molar-refractivity contribution in [2.45, 2.75) is 57.5 Å². The highest BCUT2D eigenvalue weighted by molar-refractivity contribution is 4.96. The summed E-state index contributed by atoms with van der Waals surface area (Å²) in [6, 6.07) is 0.161. The van der Waals surface area contributed by atoms with Gasteiger partial charge in [-0.1, -0.05) is 26.2 Å². The largest absolute Gasteiger partial charge is 0.343 e. The lowest BCUT2D eigenvalue weighted by Crippen LogP contribution is -2.28. The van der Waals surface area contributed by atoms with Crippen LogP contribution in [-0.4, -0.2) is 14.8 Å². The van der Waals surface area contributed by atoms with Crippen LogP contribution < -0.4 is 11.4 Å². The number of rotatable bonds is 3. The fourth-order valence-corrected chi connectivity index (χ4v) is 2.45. The van der Waals surface area contributed by atoms with Gasteiger partial charge < -0.3 is 5.73 Å². The Morgan fingerprint density at radius 2 is 2.19 bits per heavy atom. The van der Waals surface area contributed by atoms with Crippen molar-refractivity contribution in [1.82, 2.24) is 14.8 Å². The number of nitrogens with zero attached hydrogens (tertiary/aromatic N) is 2. The molecule has 0 bridgehead atoms. The van der Waals surface area contributed by atoms with E-state index in [1.165, 1.54) is 19.3 Å². The smallest absolute Gasteiger partial charge is 0.321 e. The zero-order valence-electron chi connectivity index (χ0n) is 9.78. The molecule has 2 rings (SSSR count). The zero-order valence-corrected chi connectivity index (χ0v) is 9.78. The summed E-state index contributed by atoms with van der Waals surface area (Å²) in [7, 11) is 0. The van der Waals surface area contributed by atoms with E-state index in [1.54, 1.807) is 4.57 Å². The van der Waals surface area contributed by atoms with E-state index in [0.717, 1.165) is 25.1 Å². The number of aromatic nitrogens is 3. The number of H-pyrrole nitrogens is 1. The van der Waals surface area contributed by atoms with Crippen molar-refractivity contribution >= 4 is 0 Å². The van der Waals surface area contributed by atoms with Gasteiger partial charge in [0, 0.05) is 6.04 Å². The van der Waals surface area contributed by atoms with Crippen molar-refractivity contribution in [3.63, 3.8) is 0 Å². The van der Waals surface area contributed by atoms with Crippen molar-refractivity contribution in [1.29, 1.82) is 0 Å². The maximum Gasteiger partial charge on any atom is 0.343 e. The second-order valence-electron chi connectivity index (χ2n) is 4.56. The summed E-state index contributed by atoms with van der Waals surface area (Å²) in [4.78, 5) is 11.7. The second-order valence-corrected chi connectivity index (χ2v) is 4.56. The summed E-state index contributed by atoms with van der Waals surface area (Å²) in [6.07, 6.45) is 6.62. The van der Waals surface area contributed by atoms with E-state index in [0.29, 0.717) is 6.04 Å². The Labute approximate surface area is 95.0 Å². The first-order valence-corrected chi connectivity index (χ1v) is 6.16. The molecule has 0 spiro atoms. The maximum absolute atomic E-state index is 11.7. The molecule has 1 atom stereocenters. The Bertz CT molecular complexity index is 389. The van der Waals surface area contributed by atoms with Crippen LogP contribution in [0.3, 0.4) is 0 Å². The van der Waals surface area contributed by atoms with Gasteiger partial charge in [-0.2, -0.15) is 5.10 Å². The number of nitrogens with two attached hydrogens (primary N) is 1. The van der Waals surface area contributed by atoms with Gasteiger partial charge in [-0.15, -0.1) is 0 Å². The lowest BCUT2D eigenvalue weighted by molar-refractivity contribution is 0.333. The molecule has 1 aromatic rings. The first-order valence-electron chi connectivity index (χ1n) is 6.16. The molecule has 0 radical (unpaired) electrons. The molecule has 5 nitrogen and oxygen atoms in total. The van der Waals surface area contributed by atoms with Crippen molar-refractivity contribution in [3.8, 4) is 0 Å². The van der Waals surface area contributed by atoms with E-state index >= 15 is 0 Å². The van der Waals surface area contributed by atoms with E-state index in [-0.39, 0.29) is 11.7 Å². The molecule has 5 heteroatoms. The van der Waals surface area contributed by atoms with Gasteiger partial charge >= 0.3 is 5.69 Å². The van der Waals surface area contributed by atoms with E-state index in [2.05, 4.69) is 10.2 Å². The minimum absolute atomic E-state index is 0.106. The van der Waals surface area contributed by atoms with Gasteiger partial charge in [0.2, 0.25) is 0 Å². The monoisotopic (exact) mass is 224 g/mol. The van der Waals surface area contributed by atoms with E-state index in [9.17, 15) is 4.79 Å². The lowest BCUT2D eigenvalue weighted by atomic mass is 9.95. The minimum Gasteiger partial charge on any atom is -0.321 e. The van der Waals surface area contributed by atoms with Crippen LogP contribution in [0.4, 0.5) is 0 Å². The van der Waals surface area contributed by atoms with Crippen LogP contribution in [0, 0.1) is 0 Å². The second kappa shape index (κ2) is 4.82. The normalized spacial score (nSPS) is 19.9. The van der Waals surface area contributed by atoms with Crippen molar-refractivity contribution < 1.29 is 0 Å². The minimum atomic E-state index is -0.138. The number of hydrogen-bond donors (Lipinski definition) is 2. The summed E-state index contributed by atoms with van der Waals surface area (Å²) < 4.78 is 1.79. The maximum atomic E-state index is 11.7. The van der Waals surface area contributed by atoms with Crippen LogP contribution in [0.15, 0.2) is 4.79 Å². The van der Waals surface area contributed by atoms with E-state index in [4.69, 9.17) is 5.73 Å². The lowest BCUT2D eigenvalue weighted by Gasteiger charge is -2.24. The molecule has 16 heavy (non-hydrogen) atoms. The van der Waals surface area contributed by atoms with Gasteiger partial charge in [0.15, 0.2) is 5.82 Å². The SMILES string of the molecule is CCC(N)c1n[nH]c(=O)n1C1CCCCC1. The molecule has 1 aromatic heterocycles. The molecular weight excluding hydrogens is 204 g/mol. The molecule has 1 heterocycles. The van der Waals surface area contributed by atoms with Crippen molar-refractivity contribution in [2.75, 3.05) is 0 Å². The molecule has 3 N–H and O–H groups in total. The Hall–Kier alpha value is -1.10. The summed E-state index contributed by atoms with van der Waals surface area (Å²) in [5.41, 5.74) is 5.87. The highest BCUT2D eigenvalue weighted by Crippen LogP contribution is 2.28. The molecule has 0 aromatic carbocycles. The molecular formula is C11H20N4O. The van der Waals surface area contributed by atoms with Crippen LogP contribution in [0.5, 0.6) is 0 Å². The first-order chi connectivity index (χ1) is 7.74. The van der Waals surface area contributed by atoms with Gasteiger partial charge in [0.05, 0.1) is 6.04 Å². The fourth-order valence-electron chi connectivity index (χ4n) is 2.45. The molecule has 90 valence electrons. The number of hydrogen-bond acceptors (Lipinski definition) is 3. The highest BCUT2D eigenvalue weighted by Gasteiger charge is 2.23. The number of aromatic amines is 1. The molecule has 1 fully saturated rings. The molecule has 0 saturated heterocycles. The average molecular weight is 224 g/mol. The molecule has 1 aliphatic carbocycles. The Balaban J connectivity index is 2.30. The van der Waals surface area contributed by atoms with Crippen LogP contribution in [0.25, 0.3) is 0 Å². The standard InChI is InChI=1S/C11H20N4O/c1-2-9(12)10-13-14-11(16)15(10)8-6-4-3-5-7-8/h8-9H,2-7,12H2,1H3,(H,14,16). The zero-order chi connectivity index (χ0) is 11.5. The van der Waals surface area contributed by atoms with Gasteiger partial charge in [-0.3, -0.25) is 4.57 Å². The Kier molecular flexibility index (Phi) is 3.43. The third-order valence-corrected chi connectivity index (χ3v) is 3.44. The summed E-state index contributed by atoms with van der Waals surface area (Å²) in [6.45, 7) is 2.01. The van der Waals surface area contributed by atoms with Gasteiger partial charge in [-0.05, 0) is 19.3 Å². The van der Waals surface area contributed by atoms with E-state index < -0.39 is 0 Å². The van der Waals surface area contributed by atoms with Crippen LogP contribution in [0.2, 0.25) is 0 Å². The Morgan fingerprint density at radius 1 is 1.50 bits per heavy atom. The average Bonchev–Trinajstić information content (AvgIpc) is 2.71. The third kappa shape index (κ3) is 2.04. The molecule has 0 amide bonds. The van der Waals surface area contributed by atoms with Crippen LogP contribution in [-0.2, 0) is 0 Å². The van der Waals surface area contributed by atoms with Gasteiger partial charge in [-0.25, -0.2) is 9.89 Å². The highest BCUT2D eigenvalue weighted by atomic mass is 16.1. The van der Waals surface area contributed by atoms with Crippen molar-refractivity contribution in [2.24, 2.45) is 5.73 Å². The molecule has 1 aliphatic rings. The summed E-state index contributed by atoms with van der Waals surface area (Å²) in [5.74, 6) is 0.722. The fraction of sp³-hybridized carbons (Fsp3) is 0.818. The van der Waals surface area contributed by atoms with Crippen LogP contribution in [0.1, 0.15) is 63.4 Å². The summed E-state index contributed by atoms with van der Waals surface area (Å²) >= 11 is 0. The molecule has 1 unspecified atom stereocenters. The topological polar surface area (TPSA) is 76.7 Å². The van der Waals surface area contributed by atoms with Gasteiger partial charge in [0.25, 0.3) is 0 Å². The van der Waals surface area contributed by atoms with E-state index in [1.807, 2.05) is 6.92 Å². The summed E-state index contributed by atoms with van der Waals surface area (Å²) in [5, 5.41) is 6.59. The van der Waals surface area contributed by atoms with Crippen molar-refractivity contribution in [3.05, 3.63) is 16.3 Å². The predicted octanol–water partition coefficient (Wildman–Crippen LogP) is 1.49. The Morgan fingerprint density at radius 3 is 2.81 bits per heavy atom. The number of nitrogens with one attached hydrogen (secondary N) is 1. The molecule has 0 aliphatic heterocycles. The van der Waals surface area contributed by atoms with Gasteiger partial charge in [0.1, 0.15) is 0 Å². The first kappa shape index (κ1) is 11.4.